The predicted octanol–water partition coefficient (Wildman–Crippen LogP) is 5.05. The van der Waals surface area contributed by atoms with Gasteiger partial charge in [0.25, 0.3) is 0 Å². The van der Waals surface area contributed by atoms with E-state index in [0.29, 0.717) is 27.6 Å². The van der Waals surface area contributed by atoms with Crippen molar-refractivity contribution in [2.75, 3.05) is 24.3 Å². The van der Waals surface area contributed by atoms with Gasteiger partial charge in [-0.05, 0) is 62.0 Å². The first-order valence-electron chi connectivity index (χ1n) is 10.3. The quantitative estimate of drug-likeness (QED) is 0.401. The highest BCUT2D eigenvalue weighted by Crippen LogP contribution is 2.32. The minimum atomic E-state index is -4.52. The van der Waals surface area contributed by atoms with Gasteiger partial charge in [0.15, 0.2) is 5.11 Å². The fourth-order valence-electron chi connectivity index (χ4n) is 3.42. The first kappa shape index (κ1) is 25.0. The summed E-state index contributed by atoms with van der Waals surface area (Å²) in [6.45, 7) is 3.67. The number of rotatable bonds is 5. The molecule has 3 rings (SSSR count). The first-order valence-corrected chi connectivity index (χ1v) is 10.7. The number of esters is 1. The highest BCUT2D eigenvalue weighted by molar-refractivity contribution is 7.80. The summed E-state index contributed by atoms with van der Waals surface area (Å²) in [5.74, 6) is -0.493. The molecule has 1 heterocycles. The number of allylic oxidation sites excluding steroid dienone is 1. The number of halogens is 3. The van der Waals surface area contributed by atoms with E-state index in [1.54, 1.807) is 50.1 Å². The number of carbonyl (C=O) groups is 2. The normalized spacial score (nSPS) is 16.1. The monoisotopic (exact) mass is 492 g/mol. The number of alkyl halides is 3. The Labute approximate surface area is 200 Å². The third-order valence-corrected chi connectivity index (χ3v) is 5.57. The molecule has 3 N–H and O–H groups in total. The number of benzene rings is 2. The molecule has 2 aromatic rings. The van der Waals surface area contributed by atoms with Gasteiger partial charge in [0.1, 0.15) is 0 Å². The van der Waals surface area contributed by atoms with Crippen LogP contribution in [0, 0.1) is 0 Å². The van der Waals surface area contributed by atoms with Crippen LogP contribution < -0.4 is 16.0 Å². The maximum atomic E-state index is 12.9. The number of hydrogen-bond donors (Lipinski definition) is 3. The van der Waals surface area contributed by atoms with Crippen molar-refractivity contribution in [2.24, 2.45) is 0 Å². The molecule has 1 atom stereocenters. The molecule has 1 unspecified atom stereocenters. The van der Waals surface area contributed by atoms with Crippen LogP contribution in [0.3, 0.4) is 0 Å². The van der Waals surface area contributed by atoms with Crippen molar-refractivity contribution < 1.29 is 27.5 Å². The lowest BCUT2D eigenvalue weighted by atomic mass is 9.95. The van der Waals surface area contributed by atoms with Crippen LogP contribution in [-0.2, 0) is 15.7 Å². The molecule has 0 fully saturated rings. The van der Waals surface area contributed by atoms with E-state index >= 15 is 0 Å². The number of urea groups is 1. The zero-order valence-corrected chi connectivity index (χ0v) is 19.4. The molecule has 0 saturated heterocycles. The summed E-state index contributed by atoms with van der Waals surface area (Å²) >= 11 is 5.37. The summed E-state index contributed by atoms with van der Waals surface area (Å²) in [5, 5.41) is 8.50. The third-order valence-electron chi connectivity index (χ3n) is 5.17. The zero-order valence-electron chi connectivity index (χ0n) is 18.6. The summed E-state index contributed by atoms with van der Waals surface area (Å²) in [7, 11) is 1.73. The number of amides is 2. The number of nitrogens with zero attached hydrogens (tertiary/aromatic N) is 1. The average molecular weight is 493 g/mol. The largest absolute Gasteiger partial charge is 0.463 e. The SMILES string of the molecule is CCOC(=O)C1=C(C)N(C)C(=S)NC1c1cccc(NC(=O)Nc2cccc(C(F)(F)F)c2)c1. The molecule has 34 heavy (non-hydrogen) atoms. The second kappa shape index (κ2) is 10.1. The van der Waals surface area contributed by atoms with Crippen LogP contribution in [0.2, 0.25) is 0 Å². The van der Waals surface area contributed by atoms with Crippen LogP contribution in [0.5, 0.6) is 0 Å². The Balaban J connectivity index is 1.82. The molecular weight excluding hydrogens is 469 g/mol. The second-order valence-electron chi connectivity index (χ2n) is 7.44. The molecule has 1 aliphatic rings. The van der Waals surface area contributed by atoms with E-state index in [1.807, 2.05) is 0 Å². The van der Waals surface area contributed by atoms with Crippen molar-refractivity contribution in [3.63, 3.8) is 0 Å². The number of hydrogen-bond acceptors (Lipinski definition) is 4. The number of ether oxygens (including phenoxy) is 1. The van der Waals surface area contributed by atoms with E-state index in [-0.39, 0.29) is 12.3 Å². The Morgan fingerprint density at radius 3 is 2.35 bits per heavy atom. The minimum absolute atomic E-state index is 0.00559. The Hall–Kier alpha value is -3.60. The topological polar surface area (TPSA) is 82.7 Å². The lowest BCUT2D eigenvalue weighted by Crippen LogP contribution is -2.46. The smallest absolute Gasteiger partial charge is 0.416 e. The Morgan fingerprint density at radius 1 is 1.12 bits per heavy atom. The molecule has 0 aliphatic carbocycles. The molecule has 0 bridgehead atoms. The Morgan fingerprint density at radius 2 is 1.74 bits per heavy atom. The molecule has 7 nitrogen and oxygen atoms in total. The van der Waals surface area contributed by atoms with Gasteiger partial charge in [-0.2, -0.15) is 13.2 Å². The van der Waals surface area contributed by atoms with Gasteiger partial charge in [0.05, 0.1) is 23.8 Å². The van der Waals surface area contributed by atoms with Crippen LogP contribution >= 0.6 is 12.2 Å². The van der Waals surface area contributed by atoms with Crippen LogP contribution in [0.1, 0.15) is 31.0 Å². The van der Waals surface area contributed by atoms with Crippen molar-refractivity contribution in [3.05, 3.63) is 70.9 Å². The first-order chi connectivity index (χ1) is 16.0. The van der Waals surface area contributed by atoms with Crippen molar-refractivity contribution in [1.29, 1.82) is 0 Å². The summed E-state index contributed by atoms with van der Waals surface area (Å²) in [6, 6.07) is 9.68. The van der Waals surface area contributed by atoms with Crippen molar-refractivity contribution >= 4 is 40.7 Å². The van der Waals surface area contributed by atoms with Gasteiger partial charge in [-0.3, -0.25) is 0 Å². The summed E-state index contributed by atoms with van der Waals surface area (Å²) in [6.07, 6.45) is -4.52. The second-order valence-corrected chi connectivity index (χ2v) is 7.83. The predicted molar refractivity (Wildman–Crippen MR) is 126 cm³/mol. The number of thiocarbonyl (C=S) groups is 1. The maximum Gasteiger partial charge on any atom is 0.416 e. The molecule has 0 radical (unpaired) electrons. The van der Waals surface area contributed by atoms with E-state index in [1.165, 1.54) is 12.1 Å². The fraction of sp³-hybridized carbons (Fsp3) is 0.261. The van der Waals surface area contributed by atoms with Crippen molar-refractivity contribution in [3.8, 4) is 0 Å². The fourth-order valence-corrected chi connectivity index (χ4v) is 3.68. The van der Waals surface area contributed by atoms with E-state index < -0.39 is 29.8 Å². The maximum absolute atomic E-state index is 12.9. The number of anilines is 2. The lowest BCUT2D eigenvalue weighted by molar-refractivity contribution is -0.139. The molecule has 2 aromatic carbocycles. The average Bonchev–Trinajstić information content (AvgIpc) is 2.77. The van der Waals surface area contributed by atoms with E-state index in [4.69, 9.17) is 17.0 Å². The molecule has 0 saturated carbocycles. The molecule has 180 valence electrons. The van der Waals surface area contributed by atoms with Gasteiger partial charge in [0, 0.05) is 24.1 Å². The molecular formula is C23H23F3N4O3S. The van der Waals surface area contributed by atoms with Crippen molar-refractivity contribution in [2.45, 2.75) is 26.1 Å². The van der Waals surface area contributed by atoms with Gasteiger partial charge < -0.3 is 25.6 Å². The summed E-state index contributed by atoms with van der Waals surface area (Å²) in [5.41, 5.74) is 1.14. The van der Waals surface area contributed by atoms with Gasteiger partial charge in [-0.15, -0.1) is 0 Å². The highest BCUT2D eigenvalue weighted by atomic mass is 32.1. The van der Waals surface area contributed by atoms with Crippen LogP contribution in [-0.4, -0.2) is 35.7 Å². The number of nitrogens with one attached hydrogen (secondary N) is 3. The van der Waals surface area contributed by atoms with Crippen molar-refractivity contribution in [1.82, 2.24) is 10.2 Å². The summed E-state index contributed by atoms with van der Waals surface area (Å²) in [4.78, 5) is 26.7. The van der Waals surface area contributed by atoms with E-state index in [0.717, 1.165) is 12.1 Å². The zero-order chi connectivity index (χ0) is 25.0. The summed E-state index contributed by atoms with van der Waals surface area (Å²) < 4.78 is 43.9. The lowest BCUT2D eigenvalue weighted by Gasteiger charge is -2.35. The van der Waals surface area contributed by atoms with Gasteiger partial charge in [-0.1, -0.05) is 18.2 Å². The Bertz CT molecular complexity index is 1150. The minimum Gasteiger partial charge on any atom is -0.463 e. The van der Waals surface area contributed by atoms with Gasteiger partial charge in [-0.25, -0.2) is 9.59 Å². The highest BCUT2D eigenvalue weighted by Gasteiger charge is 2.33. The van der Waals surface area contributed by atoms with E-state index in [2.05, 4.69) is 16.0 Å². The molecule has 1 aliphatic heterocycles. The van der Waals surface area contributed by atoms with Gasteiger partial charge >= 0.3 is 18.2 Å². The molecule has 2 amide bonds. The van der Waals surface area contributed by atoms with Crippen LogP contribution in [0.25, 0.3) is 0 Å². The van der Waals surface area contributed by atoms with Gasteiger partial charge in [0.2, 0.25) is 0 Å². The molecule has 0 aromatic heterocycles. The van der Waals surface area contributed by atoms with Crippen LogP contribution in [0.15, 0.2) is 59.8 Å². The number of carbonyl (C=O) groups excluding carboxylic acids is 2. The third kappa shape index (κ3) is 5.66. The van der Waals surface area contributed by atoms with E-state index in [9.17, 15) is 22.8 Å². The molecule has 11 heteroatoms. The van der Waals surface area contributed by atoms with Crippen LogP contribution in [0.4, 0.5) is 29.3 Å². The Kier molecular flexibility index (Phi) is 7.45. The standard InChI is InChI=1S/C23H23F3N4O3S/c1-4-33-20(31)18-13(2)30(3)22(34)29-19(18)14-7-5-9-16(11-14)27-21(32)28-17-10-6-8-15(12-17)23(24,25)26/h5-12,19H,4H2,1-3H3,(H,29,34)(H2,27,28,32). The molecule has 0 spiro atoms.